The fourth-order valence-electron chi connectivity index (χ4n) is 2.69. The Hall–Kier alpha value is -2.44. The van der Waals surface area contributed by atoms with Crippen LogP contribution in [0.15, 0.2) is 50.4 Å². The van der Waals surface area contributed by atoms with Crippen molar-refractivity contribution in [1.82, 2.24) is 4.90 Å². The van der Waals surface area contributed by atoms with Gasteiger partial charge in [-0.1, -0.05) is 22.0 Å². The van der Waals surface area contributed by atoms with Crippen LogP contribution in [-0.4, -0.2) is 36.8 Å². The maximum absolute atomic E-state index is 12.6. The Bertz CT molecular complexity index is 918. The van der Waals surface area contributed by atoms with Gasteiger partial charge < -0.3 is 20.1 Å². The lowest BCUT2D eigenvalue weighted by molar-refractivity contribution is -0.139. The second-order valence-corrected chi connectivity index (χ2v) is 7.97. The lowest BCUT2D eigenvalue weighted by Crippen LogP contribution is -2.26. The lowest BCUT2D eigenvalue weighted by atomic mass is 9.83. The summed E-state index contributed by atoms with van der Waals surface area (Å²) in [5.41, 5.74) is 6.80. The molecule has 0 saturated carbocycles. The number of esters is 1. The van der Waals surface area contributed by atoms with Gasteiger partial charge in [0.05, 0.1) is 18.1 Å². The second kappa shape index (κ2) is 9.17. The normalized spacial score (nSPS) is 16.4. The Morgan fingerprint density at radius 2 is 2.11 bits per heavy atom. The van der Waals surface area contributed by atoms with E-state index in [9.17, 15) is 14.9 Å². The number of nitrogens with two attached hydrogens (primary N) is 1. The number of halogens is 1. The van der Waals surface area contributed by atoms with Crippen LogP contribution >= 0.6 is 27.7 Å². The van der Waals surface area contributed by atoms with E-state index in [1.54, 1.807) is 46.1 Å². The van der Waals surface area contributed by atoms with Crippen molar-refractivity contribution in [3.05, 3.63) is 51.0 Å². The maximum Gasteiger partial charge on any atom is 0.338 e. The molecule has 0 radical (unpaired) electrons. The monoisotopic (exact) mass is 465 g/mol. The van der Waals surface area contributed by atoms with Gasteiger partial charge in [-0.25, -0.2) is 4.79 Å². The number of benzene rings is 1. The lowest BCUT2D eigenvalue weighted by Gasteiger charge is -2.28. The van der Waals surface area contributed by atoms with E-state index in [-0.39, 0.29) is 34.6 Å². The smallest absolute Gasteiger partial charge is 0.338 e. The van der Waals surface area contributed by atoms with E-state index in [1.807, 2.05) is 6.07 Å². The standard InChI is InChI=1S/C19H20BrN3O4S/c1-5-26-18(24)15-10(2)27-17(22)13(9-21)16(15)12-7-6-11(20)8-14(12)28-19(25)23(3)4/h6-8,16H,5,22H2,1-4H3. The fourth-order valence-corrected chi connectivity index (χ4v) is 4.06. The van der Waals surface area contributed by atoms with Crippen molar-refractivity contribution in [3.8, 4) is 6.07 Å². The molecule has 1 atom stereocenters. The zero-order valence-electron chi connectivity index (χ0n) is 15.9. The van der Waals surface area contributed by atoms with Gasteiger partial charge >= 0.3 is 5.97 Å². The highest BCUT2D eigenvalue weighted by Gasteiger charge is 2.37. The van der Waals surface area contributed by atoms with Crippen LogP contribution in [0.2, 0.25) is 0 Å². The first-order valence-electron chi connectivity index (χ1n) is 8.35. The quantitative estimate of drug-likeness (QED) is 0.531. The summed E-state index contributed by atoms with van der Waals surface area (Å²) in [6.45, 7) is 3.46. The van der Waals surface area contributed by atoms with Gasteiger partial charge in [-0.2, -0.15) is 5.26 Å². The topological polar surface area (TPSA) is 106 Å². The molecule has 7 nitrogen and oxygen atoms in total. The summed E-state index contributed by atoms with van der Waals surface area (Å²) in [4.78, 5) is 27.0. The van der Waals surface area contributed by atoms with Gasteiger partial charge in [-0.05, 0) is 43.3 Å². The first kappa shape index (κ1) is 21.9. The number of nitrogens with zero attached hydrogens (tertiary/aromatic N) is 2. The molecule has 0 aromatic heterocycles. The Morgan fingerprint density at radius 1 is 1.43 bits per heavy atom. The molecule has 2 N–H and O–H groups in total. The van der Waals surface area contributed by atoms with Crippen LogP contribution in [0.4, 0.5) is 4.79 Å². The highest BCUT2D eigenvalue weighted by molar-refractivity contribution is 9.10. The van der Waals surface area contributed by atoms with Crippen LogP contribution in [0.25, 0.3) is 0 Å². The van der Waals surface area contributed by atoms with Crippen LogP contribution in [0.3, 0.4) is 0 Å². The Balaban J connectivity index is 2.69. The number of rotatable bonds is 4. The Morgan fingerprint density at radius 3 is 2.68 bits per heavy atom. The van der Waals surface area contributed by atoms with Crippen molar-refractivity contribution >= 4 is 38.9 Å². The first-order valence-corrected chi connectivity index (χ1v) is 9.96. The predicted molar refractivity (Wildman–Crippen MR) is 109 cm³/mol. The average molecular weight is 466 g/mol. The predicted octanol–water partition coefficient (Wildman–Crippen LogP) is 3.87. The van der Waals surface area contributed by atoms with Gasteiger partial charge in [0.2, 0.25) is 5.88 Å². The summed E-state index contributed by atoms with van der Waals surface area (Å²) >= 11 is 4.40. The van der Waals surface area contributed by atoms with Crippen molar-refractivity contribution < 1.29 is 19.1 Å². The number of nitriles is 1. The minimum atomic E-state index is -0.802. The third kappa shape index (κ3) is 4.51. The van der Waals surface area contributed by atoms with Crippen LogP contribution < -0.4 is 5.73 Å². The van der Waals surface area contributed by atoms with Gasteiger partial charge in [0.1, 0.15) is 17.4 Å². The molecule has 9 heteroatoms. The van der Waals surface area contributed by atoms with E-state index in [2.05, 4.69) is 15.9 Å². The van der Waals surface area contributed by atoms with Crippen molar-refractivity contribution in [2.24, 2.45) is 5.73 Å². The molecular weight excluding hydrogens is 446 g/mol. The molecule has 1 aliphatic heterocycles. The first-order chi connectivity index (χ1) is 13.2. The van der Waals surface area contributed by atoms with Crippen LogP contribution in [0.1, 0.15) is 25.3 Å². The van der Waals surface area contributed by atoms with Crippen molar-refractivity contribution in [3.63, 3.8) is 0 Å². The summed E-state index contributed by atoms with van der Waals surface area (Å²) in [6, 6.07) is 7.33. The summed E-state index contributed by atoms with van der Waals surface area (Å²) in [7, 11) is 3.29. The van der Waals surface area contributed by atoms with E-state index in [4.69, 9.17) is 15.2 Å². The third-order valence-corrected chi connectivity index (χ3v) is 5.56. The Labute approximate surface area is 176 Å². The molecule has 0 aliphatic carbocycles. The van der Waals surface area contributed by atoms with E-state index in [1.165, 1.54) is 4.90 Å². The molecule has 2 rings (SSSR count). The molecule has 1 unspecified atom stereocenters. The van der Waals surface area contributed by atoms with Gasteiger partial charge in [-0.15, -0.1) is 0 Å². The van der Waals surface area contributed by atoms with Gasteiger partial charge in [0.15, 0.2) is 0 Å². The average Bonchev–Trinajstić information content (AvgIpc) is 2.61. The number of allylic oxidation sites excluding steroid dienone is 2. The molecule has 1 amide bonds. The Kier molecular flexibility index (Phi) is 7.16. The number of hydrogen-bond acceptors (Lipinski definition) is 7. The highest BCUT2D eigenvalue weighted by Crippen LogP contribution is 2.44. The van der Waals surface area contributed by atoms with E-state index < -0.39 is 11.9 Å². The largest absolute Gasteiger partial charge is 0.463 e. The van der Waals surface area contributed by atoms with Crippen LogP contribution in [-0.2, 0) is 14.3 Å². The van der Waals surface area contributed by atoms with Gasteiger partial charge in [-0.3, -0.25) is 4.79 Å². The molecule has 0 spiro atoms. The maximum atomic E-state index is 12.6. The summed E-state index contributed by atoms with van der Waals surface area (Å²) < 4.78 is 11.4. The molecule has 0 bridgehead atoms. The molecule has 148 valence electrons. The van der Waals surface area contributed by atoms with Crippen LogP contribution in [0.5, 0.6) is 0 Å². The van der Waals surface area contributed by atoms with Crippen molar-refractivity contribution in [1.29, 1.82) is 5.26 Å². The minimum absolute atomic E-state index is 0.0733. The fraction of sp³-hybridized carbons (Fsp3) is 0.316. The van der Waals surface area contributed by atoms with Gasteiger partial charge in [0, 0.05) is 23.5 Å². The molecule has 0 fully saturated rings. The summed E-state index contributed by atoms with van der Waals surface area (Å²) in [6.07, 6.45) is 0. The second-order valence-electron chi connectivity index (χ2n) is 6.06. The number of ether oxygens (including phenoxy) is 2. The molecular formula is C19H20BrN3O4S. The molecule has 28 heavy (non-hydrogen) atoms. The number of amides is 1. The molecule has 0 saturated heterocycles. The van der Waals surface area contributed by atoms with Crippen molar-refractivity contribution in [2.45, 2.75) is 24.7 Å². The third-order valence-electron chi connectivity index (χ3n) is 3.95. The number of carbonyl (C=O) groups is 2. The zero-order chi connectivity index (χ0) is 21.0. The summed E-state index contributed by atoms with van der Waals surface area (Å²) in [5, 5.41) is 9.50. The van der Waals surface area contributed by atoms with E-state index >= 15 is 0 Å². The molecule has 1 aromatic rings. The molecule has 1 aliphatic rings. The van der Waals surface area contributed by atoms with Gasteiger partial charge in [0.25, 0.3) is 5.24 Å². The number of carbonyl (C=O) groups excluding carboxylic acids is 2. The number of thioether (sulfide) groups is 1. The number of hydrogen-bond donors (Lipinski definition) is 1. The van der Waals surface area contributed by atoms with E-state index in [0.29, 0.717) is 10.5 Å². The SMILES string of the molecule is CCOC(=O)C1=C(C)OC(N)=C(C#N)C1c1ccc(Br)cc1SC(=O)N(C)C. The van der Waals surface area contributed by atoms with Crippen LogP contribution in [0, 0.1) is 11.3 Å². The van der Waals surface area contributed by atoms with E-state index in [0.717, 1.165) is 16.2 Å². The molecule has 1 aromatic carbocycles. The highest BCUT2D eigenvalue weighted by atomic mass is 79.9. The minimum Gasteiger partial charge on any atom is -0.463 e. The van der Waals surface area contributed by atoms with Crippen molar-refractivity contribution in [2.75, 3.05) is 20.7 Å². The zero-order valence-corrected chi connectivity index (χ0v) is 18.3. The molecule has 1 heterocycles. The summed E-state index contributed by atoms with van der Waals surface area (Å²) in [5.74, 6) is -1.21.